The zero-order valence-corrected chi connectivity index (χ0v) is 86.2. The molecule has 0 spiro atoms. The molecule has 34 heteroatoms. The van der Waals surface area contributed by atoms with E-state index >= 15 is 8.78 Å². The number of rotatable bonds is 30. The molecule has 16 aromatic rings. The van der Waals surface area contributed by atoms with E-state index in [1.165, 1.54) is 68.9 Å². The molecule has 5 unspecified atom stereocenters. The Morgan fingerprint density at radius 1 is 0.415 bits per heavy atom. The van der Waals surface area contributed by atoms with Crippen molar-refractivity contribution in [3.05, 3.63) is 411 Å². The first-order chi connectivity index (χ1) is 68.1. The van der Waals surface area contributed by atoms with Crippen LogP contribution in [0.1, 0.15) is 223 Å². The number of Topliss-reactive ketones (excluding diaryl/α,β-unsaturated/α-hetero) is 2. The predicted octanol–water partition coefficient (Wildman–Crippen LogP) is 18.6. The van der Waals surface area contributed by atoms with E-state index in [-0.39, 0.29) is 157 Å². The number of hydrogen-bond acceptors (Lipinski definition) is 21. The van der Waals surface area contributed by atoms with E-state index in [0.29, 0.717) is 57.5 Å². The summed E-state index contributed by atoms with van der Waals surface area (Å²) in [4.78, 5) is 65.6. The fourth-order valence-corrected chi connectivity index (χ4v) is 16.9. The van der Waals surface area contributed by atoms with Gasteiger partial charge in [0.2, 0.25) is 0 Å². The number of carbonyl (C=O) groups excluding carboxylic acids is 3. The van der Waals surface area contributed by atoms with Crippen molar-refractivity contribution >= 4 is 106 Å². The summed E-state index contributed by atoms with van der Waals surface area (Å²) < 4.78 is 88.2. The number of nitrogen functional groups attached to an aromatic ring is 4. The summed E-state index contributed by atoms with van der Waals surface area (Å²) in [7, 11) is -1.29. The minimum Gasteiger partial charge on any atom is -1.00 e. The first kappa shape index (κ1) is 118. The van der Waals surface area contributed by atoms with Crippen LogP contribution in [0.4, 0.5) is 44.8 Å². The Hall–Kier alpha value is -13.0. The van der Waals surface area contributed by atoms with Crippen molar-refractivity contribution in [2.24, 2.45) is 29.4 Å². The Morgan fingerprint density at radius 2 is 0.741 bits per heavy atom. The Balaban J connectivity index is 0.000000228. The molecule has 0 aliphatic heterocycles. The summed E-state index contributed by atoms with van der Waals surface area (Å²) in [5, 5.41) is 23.8. The normalized spacial score (nSPS) is 13.9. The minimum absolute atomic E-state index is 0. The number of fused-ring (bicyclic) bond motifs is 2. The first-order valence-electron chi connectivity index (χ1n) is 47.1. The molecule has 4 fully saturated rings. The van der Waals surface area contributed by atoms with Crippen molar-refractivity contribution in [1.82, 2.24) is 75.1 Å². The van der Waals surface area contributed by atoms with Crippen molar-refractivity contribution in [3.63, 3.8) is 0 Å². The number of aldehydes is 1. The molecule has 9 heterocycles. The van der Waals surface area contributed by atoms with E-state index in [1.54, 1.807) is 150 Å². The minimum atomic E-state index is -1.29. The Morgan fingerprint density at radius 3 is 1.10 bits per heavy atom. The Bertz CT molecular complexity index is 6810. The smallest absolute Gasteiger partial charge is 1.00 e. The second-order valence-electron chi connectivity index (χ2n) is 37.0. The van der Waals surface area contributed by atoms with Crippen LogP contribution in [-0.2, 0) is 28.6 Å². The maximum absolute atomic E-state index is 15.1. The van der Waals surface area contributed by atoms with Crippen LogP contribution >= 0.6 is 24.8 Å². The van der Waals surface area contributed by atoms with E-state index in [9.17, 15) is 31.8 Å². The van der Waals surface area contributed by atoms with Crippen LogP contribution in [0.3, 0.4) is 0 Å². The zero-order valence-electron chi connectivity index (χ0n) is 82.7. The molecule has 7 aromatic carbocycles. The predicted molar refractivity (Wildman–Crippen MR) is 579 cm³/mol. The summed E-state index contributed by atoms with van der Waals surface area (Å²) in [6.07, 6.45) is 31.4. The fraction of sp³-hybridized carbons (Fsp3) is 0.274. The van der Waals surface area contributed by atoms with Crippen LogP contribution < -0.4 is 78.9 Å². The molecule has 14 N–H and O–H groups in total. The summed E-state index contributed by atoms with van der Waals surface area (Å²) in [6.45, 7) is 14.1. The number of anilines is 4. The van der Waals surface area contributed by atoms with Gasteiger partial charge in [-0.05, 0) is 366 Å². The number of carbonyl (C=O) groups is 3. The molecule has 761 valence electrons. The zero-order chi connectivity index (χ0) is 99.4. The SMILES string of the molecule is C.C.CC(C)(C)[S@@](=O)NC(c1ccncc1)c1ccc(F)c(N)c1.Cc1cc(C(=O)Cc2cc(C(NCC3CC3)c3ccncc3)ccc2F)n(-c2ccc3ccnc(C)c3c2)n1.Cc1cc(C(=O)Cc2cc(C(NCC3CC3)c3ccncc3)ccc2F)n(-c2ccc3ccnc(N)c3c2)n1.Cl.Cl.Nc1cc(C(N)c2ccncc2)ccc1F.Nc1cc(C(NCC2CC2)c2ccncc2)ccc1F.O=CC1CC1.[B].[H-].[Na+]. The van der Waals surface area contributed by atoms with Crippen LogP contribution in [-0.4, -0.2) is 109 Å². The topological polar surface area (TPSA) is 372 Å². The van der Waals surface area contributed by atoms with Crippen LogP contribution in [0.25, 0.3) is 32.9 Å². The quantitative estimate of drug-likeness (QED) is 0.00664. The number of nitrogens with one attached hydrogen (secondary N) is 4. The van der Waals surface area contributed by atoms with Gasteiger partial charge in [-0.2, -0.15) is 10.2 Å². The number of hydrogen-bond donors (Lipinski definition) is 9. The summed E-state index contributed by atoms with van der Waals surface area (Å²) in [5.74, 6) is 0.529. The molecule has 4 aliphatic carbocycles. The number of nitrogens with two attached hydrogens (primary N) is 5. The Labute approximate surface area is 896 Å². The molecule has 4 aliphatic rings. The molecule has 147 heavy (non-hydrogen) atoms. The number of ketones is 2. The third kappa shape index (κ3) is 32.5. The van der Waals surface area contributed by atoms with Crippen molar-refractivity contribution in [2.75, 3.05) is 42.6 Å². The standard InChI is InChI=1S/C32H30FN5O.C31H29FN6O.C16H20FN3OS.C16H18FN3.C12H12FN3.C4H6O.2CH4.B.2ClH.Na.H/c1-20-15-30(38(37-20)27-7-5-23-11-14-35-21(2)28(23)18-27)31(39)17-26-16-25(6-8-29(26)33)32(36-19-22-3-4-22)24-9-12-34-13-10-24;1-19-14-28(38(37-19)25-6-4-21-10-13-35-31(33)26(21)17-25)29(39)16-24-15-23(5-7-27(24)32)30(36-18-20-2-3-20)22-8-11-34-12-9-22;1-16(2,3)22(21)20-15(11-6-8-19-9-7-11)12-4-5-13(17)14(18)10-12;17-14-4-3-13(9-15(14)18)16(20-10-11-1-2-11)12-5-7-19-8-6-12;13-10-2-1-9(7-11(10)14)12(15)8-3-5-16-6-4-8;5-3-4-1-2-4;;;;;;;/h5-16,18,22,32,36H,3-4,17,19H2,1-2H3;4-15,17,20,30,36H,2-3,16,18H2,1H3,(H2,33,35);4-10,15,20H,18H2,1-3H3;3-9,11,16,20H,1-2,10,18H2;1-7,12H,14-15H2;3-4H,1-2H2;2*1H4;;2*1H;;/q;;;;;;;;;;;+1;-1/t;;15?,22-;;;;;;;;;;/m..1........../s1. The maximum atomic E-state index is 15.1. The molecule has 24 nitrogen and oxygen atoms in total. The van der Waals surface area contributed by atoms with Gasteiger partial charge in [0.15, 0.2) is 11.6 Å². The van der Waals surface area contributed by atoms with Crippen LogP contribution in [0.2, 0.25) is 0 Å². The van der Waals surface area contributed by atoms with Gasteiger partial charge in [0.1, 0.15) is 52.6 Å². The second kappa shape index (κ2) is 55.1. The van der Waals surface area contributed by atoms with E-state index < -0.39 is 39.0 Å². The molecule has 4 saturated carbocycles. The fourth-order valence-electron chi connectivity index (χ4n) is 16.1. The van der Waals surface area contributed by atoms with Gasteiger partial charge in [0, 0.05) is 118 Å². The molecule has 0 saturated heterocycles. The first-order valence-corrected chi connectivity index (χ1v) is 48.2. The molecular weight excluding hydrogens is 1930 g/mol. The monoisotopic (exact) mass is 2060 g/mol. The number of halogens is 7. The van der Waals surface area contributed by atoms with E-state index in [1.807, 2.05) is 157 Å². The second-order valence-corrected chi connectivity index (χ2v) is 39.0. The van der Waals surface area contributed by atoms with Crippen molar-refractivity contribution in [1.29, 1.82) is 0 Å². The summed E-state index contributed by atoms with van der Waals surface area (Å²) in [6, 6.07) is 61.3. The van der Waals surface area contributed by atoms with E-state index in [0.717, 1.165) is 139 Å². The van der Waals surface area contributed by atoms with Gasteiger partial charge in [-0.3, -0.25) is 39.5 Å². The van der Waals surface area contributed by atoms with Gasteiger partial charge in [-0.15, -0.1) is 24.8 Å². The van der Waals surface area contributed by atoms with Gasteiger partial charge in [-0.1, -0.05) is 69.5 Å². The van der Waals surface area contributed by atoms with Crippen molar-refractivity contribution in [3.8, 4) is 11.4 Å². The van der Waals surface area contributed by atoms with Gasteiger partial charge in [0.25, 0.3) is 0 Å². The third-order valence-corrected chi connectivity index (χ3v) is 26.4. The van der Waals surface area contributed by atoms with Crippen LogP contribution in [0.5, 0.6) is 0 Å². The van der Waals surface area contributed by atoms with Gasteiger partial charge in [-0.25, -0.2) is 45.2 Å². The van der Waals surface area contributed by atoms with Gasteiger partial charge in [0.05, 0.1) is 85.8 Å². The number of benzene rings is 7. The average molecular weight is 2060 g/mol. The maximum Gasteiger partial charge on any atom is 1.00 e. The summed E-state index contributed by atoms with van der Waals surface area (Å²) >= 11 is 0. The number of nitrogens with zero attached hydrogens (tertiary/aromatic N) is 11. The number of aryl methyl sites for hydroxylation is 3. The largest absolute Gasteiger partial charge is 1.00 e. The van der Waals surface area contributed by atoms with Crippen LogP contribution in [0.15, 0.2) is 287 Å². The molecule has 0 amide bonds. The van der Waals surface area contributed by atoms with E-state index in [4.69, 9.17) is 28.7 Å². The Kier molecular flexibility index (Phi) is 44.1. The molecule has 3 radical (unpaired) electrons. The molecule has 6 atom stereocenters. The van der Waals surface area contributed by atoms with Crippen LogP contribution in [0, 0.1) is 73.5 Å². The number of aromatic nitrogens is 11. The molecule has 20 rings (SSSR count). The molecule has 9 aromatic heterocycles. The summed E-state index contributed by atoms with van der Waals surface area (Å²) in [5.41, 5.74) is 44.0. The van der Waals surface area contributed by atoms with E-state index in [2.05, 4.69) is 65.8 Å². The average Bonchev–Trinajstić information content (AvgIpc) is 1.66. The van der Waals surface area contributed by atoms with Gasteiger partial charge < -0.3 is 50.8 Å². The molecule has 0 bridgehead atoms. The van der Waals surface area contributed by atoms with Gasteiger partial charge >= 0.3 is 29.6 Å². The van der Waals surface area contributed by atoms with Crippen molar-refractivity contribution in [2.45, 2.75) is 156 Å². The van der Waals surface area contributed by atoms with Crippen molar-refractivity contribution < 1.29 is 71.5 Å². The molecular formula is C113H126BCl2F5N20NaO4S. The number of pyridine rings is 7. The third-order valence-electron chi connectivity index (χ3n) is 24.8.